The molecular weight excluding hydrogens is 276 g/mol. The SMILES string of the molecule is O=[N+]([O-])c1cccc(Br)c1OCC(F)F. The van der Waals surface area contributed by atoms with Crippen molar-refractivity contribution in [2.75, 3.05) is 6.61 Å². The minimum Gasteiger partial charge on any atom is -0.480 e. The van der Waals surface area contributed by atoms with Gasteiger partial charge in [0.1, 0.15) is 6.61 Å². The lowest BCUT2D eigenvalue weighted by Crippen LogP contribution is -2.08. The summed E-state index contributed by atoms with van der Waals surface area (Å²) in [6.07, 6.45) is -2.67. The Kier molecular flexibility index (Phi) is 3.96. The second-order valence-corrected chi connectivity index (χ2v) is 3.40. The number of hydrogen-bond donors (Lipinski definition) is 0. The number of ether oxygens (including phenoxy) is 1. The first-order chi connectivity index (χ1) is 7.02. The molecule has 0 heterocycles. The van der Waals surface area contributed by atoms with Gasteiger partial charge in [0.05, 0.1) is 9.40 Å². The Morgan fingerprint density at radius 2 is 2.20 bits per heavy atom. The van der Waals surface area contributed by atoms with Gasteiger partial charge in [-0.2, -0.15) is 0 Å². The van der Waals surface area contributed by atoms with Crippen LogP contribution in [0, 0.1) is 10.1 Å². The Hall–Kier alpha value is -1.24. The quantitative estimate of drug-likeness (QED) is 0.630. The highest BCUT2D eigenvalue weighted by Crippen LogP contribution is 2.34. The zero-order chi connectivity index (χ0) is 11.4. The number of alkyl halides is 2. The molecule has 0 aliphatic rings. The molecule has 0 amide bonds. The second-order valence-electron chi connectivity index (χ2n) is 2.55. The van der Waals surface area contributed by atoms with Crippen molar-refractivity contribution in [3.8, 4) is 5.75 Å². The molecule has 1 aromatic rings. The van der Waals surface area contributed by atoms with Crippen LogP contribution in [0.15, 0.2) is 22.7 Å². The van der Waals surface area contributed by atoms with E-state index in [0.717, 1.165) is 0 Å². The highest BCUT2D eigenvalue weighted by molar-refractivity contribution is 9.10. The molecule has 0 aliphatic carbocycles. The van der Waals surface area contributed by atoms with Crippen molar-refractivity contribution in [2.45, 2.75) is 6.43 Å². The average Bonchev–Trinajstić information content (AvgIpc) is 2.15. The topological polar surface area (TPSA) is 52.4 Å². The molecule has 1 rings (SSSR count). The molecule has 4 nitrogen and oxygen atoms in total. The van der Waals surface area contributed by atoms with Gasteiger partial charge in [-0.15, -0.1) is 0 Å². The number of benzene rings is 1. The third-order valence-electron chi connectivity index (χ3n) is 1.50. The van der Waals surface area contributed by atoms with E-state index in [4.69, 9.17) is 0 Å². The van der Waals surface area contributed by atoms with Crippen LogP contribution >= 0.6 is 15.9 Å². The van der Waals surface area contributed by atoms with E-state index in [0.29, 0.717) is 0 Å². The van der Waals surface area contributed by atoms with Crippen LogP contribution in [-0.2, 0) is 0 Å². The molecule has 1 aromatic carbocycles. The van der Waals surface area contributed by atoms with Gasteiger partial charge in [0.25, 0.3) is 6.43 Å². The third-order valence-corrected chi connectivity index (χ3v) is 2.12. The molecular formula is C8H6BrF2NO3. The summed E-state index contributed by atoms with van der Waals surface area (Å²) >= 11 is 2.99. The van der Waals surface area contributed by atoms with E-state index >= 15 is 0 Å². The molecule has 0 atom stereocenters. The molecule has 15 heavy (non-hydrogen) atoms. The third kappa shape index (κ3) is 3.12. The average molecular weight is 282 g/mol. The summed E-state index contributed by atoms with van der Waals surface area (Å²) in [5.74, 6) is -0.178. The number of nitrogens with zero attached hydrogens (tertiary/aromatic N) is 1. The van der Waals surface area contributed by atoms with Crippen LogP contribution in [0.2, 0.25) is 0 Å². The first kappa shape index (κ1) is 11.8. The minimum absolute atomic E-state index is 0.178. The van der Waals surface area contributed by atoms with Crippen LogP contribution in [0.1, 0.15) is 0 Å². The number of nitro groups is 1. The zero-order valence-corrected chi connectivity index (χ0v) is 8.91. The molecule has 0 aliphatic heterocycles. The lowest BCUT2D eigenvalue weighted by atomic mass is 10.3. The number of rotatable bonds is 4. The highest BCUT2D eigenvalue weighted by Gasteiger charge is 2.19. The van der Waals surface area contributed by atoms with Crippen molar-refractivity contribution < 1.29 is 18.4 Å². The van der Waals surface area contributed by atoms with Crippen molar-refractivity contribution in [3.05, 3.63) is 32.8 Å². The van der Waals surface area contributed by atoms with Gasteiger partial charge in [-0.05, 0) is 22.0 Å². The van der Waals surface area contributed by atoms with E-state index in [1.807, 2.05) is 0 Å². The normalized spacial score (nSPS) is 10.4. The maximum atomic E-state index is 11.9. The second kappa shape index (κ2) is 5.01. The first-order valence-electron chi connectivity index (χ1n) is 3.86. The minimum atomic E-state index is -2.67. The fourth-order valence-electron chi connectivity index (χ4n) is 0.930. The number of hydrogen-bond acceptors (Lipinski definition) is 3. The van der Waals surface area contributed by atoms with E-state index in [9.17, 15) is 18.9 Å². The smallest absolute Gasteiger partial charge is 0.312 e. The molecule has 0 bridgehead atoms. The van der Waals surface area contributed by atoms with Crippen molar-refractivity contribution in [3.63, 3.8) is 0 Å². The van der Waals surface area contributed by atoms with E-state index in [1.54, 1.807) is 0 Å². The van der Waals surface area contributed by atoms with E-state index in [2.05, 4.69) is 20.7 Å². The summed E-state index contributed by atoms with van der Waals surface area (Å²) < 4.78 is 28.7. The first-order valence-corrected chi connectivity index (χ1v) is 4.65. The Morgan fingerprint density at radius 3 is 2.73 bits per heavy atom. The Morgan fingerprint density at radius 1 is 1.53 bits per heavy atom. The van der Waals surface area contributed by atoms with Crippen molar-refractivity contribution in [2.24, 2.45) is 0 Å². The highest BCUT2D eigenvalue weighted by atomic mass is 79.9. The zero-order valence-electron chi connectivity index (χ0n) is 7.32. The monoisotopic (exact) mass is 281 g/mol. The lowest BCUT2D eigenvalue weighted by Gasteiger charge is -2.07. The fourth-order valence-corrected chi connectivity index (χ4v) is 1.40. The summed E-state index contributed by atoms with van der Waals surface area (Å²) in [4.78, 5) is 9.85. The van der Waals surface area contributed by atoms with Crippen LogP contribution in [0.5, 0.6) is 5.75 Å². The molecule has 0 aromatic heterocycles. The molecule has 7 heteroatoms. The van der Waals surface area contributed by atoms with Gasteiger partial charge in [0, 0.05) is 6.07 Å². The van der Waals surface area contributed by atoms with E-state index in [1.165, 1.54) is 18.2 Å². The van der Waals surface area contributed by atoms with Crippen molar-refractivity contribution in [1.29, 1.82) is 0 Å². The predicted octanol–water partition coefficient (Wildman–Crippen LogP) is 3.00. The maximum Gasteiger partial charge on any atom is 0.312 e. The van der Waals surface area contributed by atoms with E-state index < -0.39 is 18.0 Å². The summed E-state index contributed by atoms with van der Waals surface area (Å²) in [5.41, 5.74) is -0.343. The van der Waals surface area contributed by atoms with Gasteiger partial charge in [0.15, 0.2) is 0 Å². The number of para-hydroxylation sites is 1. The summed E-state index contributed by atoms with van der Waals surface area (Å²) in [6, 6.07) is 4.09. The summed E-state index contributed by atoms with van der Waals surface area (Å²) in [7, 11) is 0. The van der Waals surface area contributed by atoms with Crippen molar-refractivity contribution >= 4 is 21.6 Å². The van der Waals surface area contributed by atoms with E-state index in [-0.39, 0.29) is 15.9 Å². The standard InChI is InChI=1S/C8H6BrF2NO3/c9-5-2-1-3-6(12(13)14)8(5)15-4-7(10)11/h1-3,7H,4H2. The molecule has 0 saturated carbocycles. The fraction of sp³-hybridized carbons (Fsp3) is 0.250. The Bertz CT molecular complexity index is 373. The molecule has 0 unspecified atom stereocenters. The van der Waals surface area contributed by atoms with Gasteiger partial charge in [-0.25, -0.2) is 8.78 Å². The van der Waals surface area contributed by atoms with Gasteiger partial charge >= 0.3 is 5.69 Å². The molecule has 0 saturated heterocycles. The molecule has 0 radical (unpaired) electrons. The Balaban J connectivity index is 2.97. The molecule has 0 spiro atoms. The van der Waals surface area contributed by atoms with Gasteiger partial charge in [-0.3, -0.25) is 10.1 Å². The predicted molar refractivity (Wildman–Crippen MR) is 52.3 cm³/mol. The Labute approximate surface area is 92.1 Å². The van der Waals surface area contributed by atoms with Crippen LogP contribution in [0.3, 0.4) is 0 Å². The van der Waals surface area contributed by atoms with Crippen molar-refractivity contribution in [1.82, 2.24) is 0 Å². The van der Waals surface area contributed by atoms with Gasteiger partial charge in [0.2, 0.25) is 5.75 Å². The molecule has 0 N–H and O–H groups in total. The van der Waals surface area contributed by atoms with Gasteiger partial charge < -0.3 is 4.74 Å². The maximum absolute atomic E-state index is 11.9. The molecule has 0 fully saturated rings. The largest absolute Gasteiger partial charge is 0.480 e. The van der Waals surface area contributed by atoms with Crippen LogP contribution in [0.25, 0.3) is 0 Å². The van der Waals surface area contributed by atoms with Crippen LogP contribution < -0.4 is 4.74 Å². The summed E-state index contributed by atoms with van der Waals surface area (Å²) in [6.45, 7) is -0.872. The van der Waals surface area contributed by atoms with Gasteiger partial charge in [-0.1, -0.05) is 6.07 Å². The van der Waals surface area contributed by atoms with Crippen LogP contribution in [0.4, 0.5) is 14.5 Å². The molecule has 82 valence electrons. The number of halogens is 3. The van der Waals surface area contributed by atoms with Crippen LogP contribution in [-0.4, -0.2) is 18.0 Å². The lowest BCUT2D eigenvalue weighted by molar-refractivity contribution is -0.386. The summed E-state index contributed by atoms with van der Waals surface area (Å²) in [5, 5.41) is 10.5. The number of nitro benzene ring substituents is 1.